The van der Waals surface area contributed by atoms with E-state index in [0.29, 0.717) is 11.5 Å². The van der Waals surface area contributed by atoms with Crippen molar-refractivity contribution in [1.29, 1.82) is 0 Å². The van der Waals surface area contributed by atoms with E-state index in [-0.39, 0.29) is 5.82 Å². The first-order chi connectivity index (χ1) is 17.1. The Hall–Kier alpha value is -2.44. The Morgan fingerprint density at radius 1 is 0.943 bits per heavy atom. The van der Waals surface area contributed by atoms with Crippen molar-refractivity contribution >= 4 is 11.0 Å². The maximum Gasteiger partial charge on any atom is 0.170 e. The average Bonchev–Trinajstić information content (AvgIpc) is 3.30. The second-order valence-corrected chi connectivity index (χ2v) is 10.4. The summed E-state index contributed by atoms with van der Waals surface area (Å²) in [5.74, 6) is 1.96. The highest BCUT2D eigenvalue weighted by molar-refractivity contribution is 5.79. The predicted molar refractivity (Wildman–Crippen MR) is 137 cm³/mol. The second-order valence-electron chi connectivity index (χ2n) is 10.4. The van der Waals surface area contributed by atoms with Crippen LogP contribution in [0, 0.1) is 11.7 Å². The number of hydrogen-bond acceptors (Lipinski definition) is 5. The largest absolute Gasteiger partial charge is 0.494 e. The molecule has 2 fully saturated rings. The third-order valence-corrected chi connectivity index (χ3v) is 7.84. The van der Waals surface area contributed by atoms with Gasteiger partial charge < -0.3 is 19.1 Å². The number of benzene rings is 2. The topological polar surface area (TPSA) is 41.7 Å². The van der Waals surface area contributed by atoms with Gasteiger partial charge in [0, 0.05) is 30.5 Å². The van der Waals surface area contributed by atoms with Crippen molar-refractivity contribution in [2.75, 3.05) is 45.9 Å². The van der Waals surface area contributed by atoms with Crippen molar-refractivity contribution in [2.45, 2.75) is 51.4 Å². The van der Waals surface area contributed by atoms with Gasteiger partial charge in [-0.3, -0.25) is 0 Å². The van der Waals surface area contributed by atoms with Crippen LogP contribution in [0.15, 0.2) is 47.0 Å². The minimum Gasteiger partial charge on any atom is -0.494 e. The molecule has 0 radical (unpaired) electrons. The molecule has 3 heterocycles. The average molecular weight is 480 g/mol. The number of fused-ring (bicyclic) bond motifs is 1. The van der Waals surface area contributed by atoms with Crippen molar-refractivity contribution in [1.82, 2.24) is 15.0 Å². The lowest BCUT2D eigenvalue weighted by molar-refractivity contribution is 0.190. The molecule has 0 N–H and O–H groups in total. The van der Waals surface area contributed by atoms with Crippen molar-refractivity contribution in [3.05, 3.63) is 59.5 Å². The first-order valence-electron chi connectivity index (χ1n) is 13.4. The summed E-state index contributed by atoms with van der Waals surface area (Å²) in [6.45, 7) is 9.90. The van der Waals surface area contributed by atoms with Crippen LogP contribution < -0.4 is 4.74 Å². The summed E-state index contributed by atoms with van der Waals surface area (Å²) in [5, 5.41) is 5.21. The van der Waals surface area contributed by atoms with Crippen LogP contribution in [0.1, 0.15) is 56.2 Å². The van der Waals surface area contributed by atoms with Gasteiger partial charge in [-0.1, -0.05) is 24.2 Å². The van der Waals surface area contributed by atoms with Gasteiger partial charge in [0.05, 0.1) is 12.3 Å². The highest BCUT2D eigenvalue weighted by Crippen LogP contribution is 2.32. The molecule has 0 amide bonds. The molecule has 1 aromatic heterocycles. The molecule has 0 unspecified atom stereocenters. The molecule has 35 heavy (non-hydrogen) atoms. The monoisotopic (exact) mass is 479 g/mol. The third-order valence-electron chi connectivity index (χ3n) is 7.84. The van der Waals surface area contributed by atoms with Crippen molar-refractivity contribution in [3.63, 3.8) is 0 Å². The number of hydrogen-bond donors (Lipinski definition) is 0. The minimum absolute atomic E-state index is 0.282. The maximum atomic E-state index is 13.4. The van der Waals surface area contributed by atoms with E-state index in [4.69, 9.17) is 9.26 Å². The fourth-order valence-corrected chi connectivity index (χ4v) is 5.46. The highest BCUT2D eigenvalue weighted by atomic mass is 19.1. The summed E-state index contributed by atoms with van der Waals surface area (Å²) >= 11 is 0. The minimum atomic E-state index is -0.282. The van der Waals surface area contributed by atoms with Crippen LogP contribution in [-0.2, 0) is 6.42 Å². The molecule has 0 spiro atoms. The quantitative estimate of drug-likeness (QED) is 0.358. The first kappa shape index (κ1) is 24.3. The SMILES string of the molecule is CC1CCN(CCc2ccc(OCCCN3CCC(c4noc5cc(F)ccc45)CC3)cc2)CC1. The summed E-state index contributed by atoms with van der Waals surface area (Å²) in [6.07, 6.45) is 6.92. The van der Waals surface area contributed by atoms with E-state index in [2.05, 4.69) is 46.1 Å². The Morgan fingerprint density at radius 2 is 1.66 bits per heavy atom. The van der Waals surface area contributed by atoms with Gasteiger partial charge in [-0.15, -0.1) is 0 Å². The van der Waals surface area contributed by atoms with E-state index in [0.717, 1.165) is 81.2 Å². The molecule has 2 saturated heterocycles. The lowest BCUT2D eigenvalue weighted by Crippen LogP contribution is -2.34. The van der Waals surface area contributed by atoms with Gasteiger partial charge in [0.15, 0.2) is 5.58 Å². The zero-order valence-electron chi connectivity index (χ0n) is 20.9. The summed E-state index contributed by atoms with van der Waals surface area (Å²) in [6, 6.07) is 13.4. The molecule has 2 aliphatic heterocycles. The Morgan fingerprint density at radius 3 is 2.43 bits per heavy atom. The third kappa shape index (κ3) is 6.42. The Kier molecular flexibility index (Phi) is 7.99. The van der Waals surface area contributed by atoms with E-state index >= 15 is 0 Å². The first-order valence-corrected chi connectivity index (χ1v) is 13.4. The van der Waals surface area contributed by atoms with Gasteiger partial charge in [-0.25, -0.2) is 4.39 Å². The normalized spacial score (nSPS) is 18.9. The standard InChI is InChI=1S/C29H38FN3O2/c1-22-9-15-33(16-10-22)17-11-23-3-6-26(7-4-23)34-20-2-14-32-18-12-24(13-19-32)29-27-8-5-25(30)21-28(27)35-31-29/h3-8,21-22,24H,2,9-20H2,1H3. The summed E-state index contributed by atoms with van der Waals surface area (Å²) in [5.41, 5.74) is 2.92. The highest BCUT2D eigenvalue weighted by Gasteiger charge is 2.25. The number of aromatic nitrogens is 1. The molecule has 0 saturated carbocycles. The van der Waals surface area contributed by atoms with E-state index in [1.807, 2.05) is 0 Å². The molecule has 2 aliphatic rings. The number of piperidine rings is 2. The molecule has 0 bridgehead atoms. The Bertz CT molecular complexity index is 1070. The predicted octanol–water partition coefficient (Wildman–Crippen LogP) is 5.89. The van der Waals surface area contributed by atoms with Crippen LogP contribution in [-0.4, -0.2) is 60.8 Å². The lowest BCUT2D eigenvalue weighted by Gasteiger charge is -2.31. The number of rotatable bonds is 9. The molecular weight excluding hydrogens is 441 g/mol. The molecule has 0 aliphatic carbocycles. The van der Waals surface area contributed by atoms with Gasteiger partial charge in [0.25, 0.3) is 0 Å². The fraction of sp³-hybridized carbons (Fsp3) is 0.552. The van der Waals surface area contributed by atoms with Crippen LogP contribution in [0.2, 0.25) is 0 Å². The molecular formula is C29H38FN3O2. The molecule has 6 heteroatoms. The smallest absolute Gasteiger partial charge is 0.170 e. The van der Waals surface area contributed by atoms with E-state index in [1.165, 1.54) is 43.6 Å². The van der Waals surface area contributed by atoms with Crippen LogP contribution in [0.5, 0.6) is 5.75 Å². The number of ether oxygens (including phenoxy) is 1. The second kappa shape index (κ2) is 11.5. The van der Waals surface area contributed by atoms with Crippen LogP contribution in [0.3, 0.4) is 0 Å². The molecule has 0 atom stereocenters. The summed E-state index contributed by atoms with van der Waals surface area (Å²) < 4.78 is 24.8. The summed E-state index contributed by atoms with van der Waals surface area (Å²) in [7, 11) is 0. The maximum absolute atomic E-state index is 13.4. The van der Waals surface area contributed by atoms with Gasteiger partial charge in [-0.2, -0.15) is 0 Å². The Labute approximate surface area is 208 Å². The van der Waals surface area contributed by atoms with Crippen molar-refractivity contribution < 1.29 is 13.7 Å². The van der Waals surface area contributed by atoms with Crippen molar-refractivity contribution in [3.8, 4) is 5.75 Å². The van der Waals surface area contributed by atoms with Gasteiger partial charge in [-0.05, 0) is 100 Å². The lowest BCUT2D eigenvalue weighted by atomic mass is 9.91. The number of likely N-dealkylation sites (tertiary alicyclic amines) is 2. The molecule has 5 rings (SSSR count). The van der Waals surface area contributed by atoms with E-state index < -0.39 is 0 Å². The fourth-order valence-electron chi connectivity index (χ4n) is 5.46. The van der Waals surface area contributed by atoms with Crippen LogP contribution >= 0.6 is 0 Å². The molecule has 5 nitrogen and oxygen atoms in total. The zero-order chi connectivity index (χ0) is 24.0. The van der Waals surface area contributed by atoms with Gasteiger partial charge in [0.1, 0.15) is 11.6 Å². The van der Waals surface area contributed by atoms with Crippen LogP contribution in [0.4, 0.5) is 4.39 Å². The number of halogens is 1. The van der Waals surface area contributed by atoms with Gasteiger partial charge >= 0.3 is 0 Å². The van der Waals surface area contributed by atoms with Crippen LogP contribution in [0.25, 0.3) is 11.0 Å². The molecule has 3 aromatic rings. The summed E-state index contributed by atoms with van der Waals surface area (Å²) in [4.78, 5) is 5.11. The number of nitrogens with zero attached hydrogens (tertiary/aromatic N) is 3. The van der Waals surface area contributed by atoms with Crippen molar-refractivity contribution in [2.24, 2.45) is 5.92 Å². The Balaban J connectivity index is 0.985. The molecule has 2 aromatic carbocycles. The molecule has 188 valence electrons. The van der Waals surface area contributed by atoms with E-state index in [9.17, 15) is 4.39 Å². The zero-order valence-corrected chi connectivity index (χ0v) is 20.9. The van der Waals surface area contributed by atoms with Gasteiger partial charge in [0.2, 0.25) is 0 Å². The van der Waals surface area contributed by atoms with E-state index in [1.54, 1.807) is 6.07 Å².